The zero-order chi connectivity index (χ0) is 21.6. The van der Waals surface area contributed by atoms with Crippen LogP contribution in [0, 0.1) is 0 Å². The van der Waals surface area contributed by atoms with Gasteiger partial charge in [0.1, 0.15) is 11.5 Å². The summed E-state index contributed by atoms with van der Waals surface area (Å²) in [6, 6.07) is 1.78. The maximum Gasteiger partial charge on any atom is 0.317 e. The molecule has 8 nitrogen and oxygen atoms in total. The predicted octanol–water partition coefficient (Wildman–Crippen LogP) is 3.91. The number of piperidine rings is 1. The van der Waals surface area contributed by atoms with Crippen LogP contribution in [0.5, 0.6) is 0 Å². The van der Waals surface area contributed by atoms with Gasteiger partial charge in [0, 0.05) is 44.0 Å². The molecule has 0 unspecified atom stereocenters. The minimum atomic E-state index is -0.226. The van der Waals surface area contributed by atoms with Crippen molar-refractivity contribution in [3.8, 4) is 0 Å². The number of thiazole rings is 1. The van der Waals surface area contributed by atoms with Gasteiger partial charge in [-0.25, -0.2) is 9.78 Å². The van der Waals surface area contributed by atoms with Crippen LogP contribution in [0.1, 0.15) is 66.4 Å². The lowest BCUT2D eigenvalue weighted by atomic mass is 9.97. The number of aromatic nitrogens is 3. The summed E-state index contributed by atoms with van der Waals surface area (Å²) in [5, 5.41) is 12.7. The number of aryl methyl sites for hydroxylation is 1. The van der Waals surface area contributed by atoms with E-state index in [2.05, 4.69) is 26.8 Å². The Hall–Kier alpha value is -2.68. The van der Waals surface area contributed by atoms with Gasteiger partial charge in [0.2, 0.25) is 0 Å². The van der Waals surface area contributed by atoms with E-state index in [-0.39, 0.29) is 11.9 Å². The smallest absolute Gasteiger partial charge is 0.317 e. The fourth-order valence-corrected chi connectivity index (χ4v) is 5.13. The molecule has 2 aliphatic rings. The number of nitrogens with one attached hydrogen (secondary N) is 2. The fraction of sp³-hybridized carbons (Fsp3) is 0.545. The van der Waals surface area contributed by atoms with Crippen LogP contribution in [0.15, 0.2) is 29.3 Å². The summed E-state index contributed by atoms with van der Waals surface area (Å²) in [5.74, 6) is 0.703. The van der Waals surface area contributed by atoms with E-state index >= 15 is 0 Å². The van der Waals surface area contributed by atoms with Crippen molar-refractivity contribution in [2.24, 2.45) is 7.05 Å². The van der Waals surface area contributed by atoms with E-state index in [1.165, 1.54) is 42.6 Å². The normalized spacial score (nSPS) is 17.3. The number of likely N-dealkylation sites (tertiary alicyclic amines) is 1. The van der Waals surface area contributed by atoms with Gasteiger partial charge in [-0.05, 0) is 44.9 Å². The maximum atomic E-state index is 12.5. The van der Waals surface area contributed by atoms with Gasteiger partial charge in [-0.3, -0.25) is 9.48 Å². The van der Waals surface area contributed by atoms with Crippen LogP contribution >= 0.6 is 11.3 Å². The second kappa shape index (κ2) is 10.1. The van der Waals surface area contributed by atoms with E-state index in [0.717, 1.165) is 37.4 Å². The average Bonchev–Trinajstić information content (AvgIpc) is 3.44. The lowest BCUT2D eigenvalue weighted by Crippen LogP contribution is -2.44. The fourth-order valence-electron chi connectivity index (χ4n) is 4.16. The van der Waals surface area contributed by atoms with Crippen molar-refractivity contribution in [3.63, 3.8) is 0 Å². The van der Waals surface area contributed by atoms with Crippen molar-refractivity contribution in [2.45, 2.75) is 50.9 Å². The third-order valence-electron chi connectivity index (χ3n) is 6.06. The van der Waals surface area contributed by atoms with Crippen LogP contribution in [0.2, 0.25) is 0 Å². The third-order valence-corrected chi connectivity index (χ3v) is 7.06. The second-order valence-electron chi connectivity index (χ2n) is 8.22. The summed E-state index contributed by atoms with van der Waals surface area (Å²) >= 11 is 1.52. The molecule has 1 aliphatic heterocycles. The van der Waals surface area contributed by atoms with E-state index in [9.17, 15) is 9.59 Å². The summed E-state index contributed by atoms with van der Waals surface area (Å²) in [6.45, 7) is 2.15. The largest absolute Gasteiger partial charge is 0.338 e. The topological polar surface area (TPSA) is 92.2 Å². The summed E-state index contributed by atoms with van der Waals surface area (Å²) in [6.07, 6.45) is 11.6. The Morgan fingerprint density at radius 1 is 1.26 bits per heavy atom. The number of anilines is 1. The highest BCUT2D eigenvalue weighted by atomic mass is 32.1. The molecule has 1 fully saturated rings. The first-order valence-electron chi connectivity index (χ1n) is 11.1. The van der Waals surface area contributed by atoms with Crippen LogP contribution in [0.25, 0.3) is 0 Å². The highest BCUT2D eigenvalue weighted by Crippen LogP contribution is 2.30. The Morgan fingerprint density at radius 2 is 2.10 bits per heavy atom. The molecule has 2 aromatic heterocycles. The van der Waals surface area contributed by atoms with Crippen LogP contribution < -0.4 is 10.6 Å². The van der Waals surface area contributed by atoms with Crippen molar-refractivity contribution in [1.82, 2.24) is 25.0 Å². The molecule has 1 saturated heterocycles. The van der Waals surface area contributed by atoms with Crippen molar-refractivity contribution >= 4 is 29.1 Å². The Kier molecular flexibility index (Phi) is 7.01. The van der Waals surface area contributed by atoms with E-state index in [1.807, 2.05) is 4.90 Å². The van der Waals surface area contributed by atoms with Crippen LogP contribution in [-0.2, 0) is 7.05 Å². The minimum absolute atomic E-state index is 0.0326. The second-order valence-corrected chi connectivity index (χ2v) is 9.11. The molecule has 0 spiro atoms. The number of allylic oxidation sites excluding steroid dienone is 1. The molecule has 3 amide bonds. The number of hydrogen-bond donors (Lipinski definition) is 2. The quantitative estimate of drug-likeness (QED) is 0.664. The maximum absolute atomic E-state index is 12.5. The van der Waals surface area contributed by atoms with Gasteiger partial charge >= 0.3 is 6.03 Å². The standard InChI is InChI=1S/C22H30N6O2S/c1-27-19(8-12-24-27)26-20(29)18-15-31-21(25-18)17-9-13-28(14-10-17)22(30)23-11-7-16-5-3-2-4-6-16/h5,8,12,15,17H,2-4,6-7,9-11,13-14H2,1H3,(H,23,30)(H,26,29). The molecular formula is C22H30N6O2S. The molecular weight excluding hydrogens is 412 g/mol. The van der Waals surface area contributed by atoms with Gasteiger partial charge in [0.15, 0.2) is 0 Å². The number of carbonyl (C=O) groups is 2. The number of urea groups is 1. The van der Waals surface area contributed by atoms with Gasteiger partial charge in [-0.2, -0.15) is 5.10 Å². The predicted molar refractivity (Wildman–Crippen MR) is 121 cm³/mol. The molecule has 9 heteroatoms. The highest BCUT2D eigenvalue weighted by Gasteiger charge is 2.26. The molecule has 0 atom stereocenters. The lowest BCUT2D eigenvalue weighted by Gasteiger charge is -2.31. The first kappa shape index (κ1) is 21.5. The molecule has 2 N–H and O–H groups in total. The Labute approximate surface area is 186 Å². The van der Waals surface area contributed by atoms with Crippen LogP contribution in [-0.4, -0.2) is 51.2 Å². The Morgan fingerprint density at radius 3 is 2.81 bits per heavy atom. The molecule has 0 aromatic carbocycles. The molecule has 1 aliphatic carbocycles. The molecule has 0 radical (unpaired) electrons. The number of rotatable bonds is 6. The summed E-state index contributed by atoms with van der Waals surface area (Å²) in [7, 11) is 1.78. The van der Waals surface area contributed by atoms with Crippen LogP contribution in [0.4, 0.5) is 10.6 Å². The van der Waals surface area contributed by atoms with Gasteiger partial charge in [0.25, 0.3) is 5.91 Å². The third kappa shape index (κ3) is 5.52. The average molecular weight is 443 g/mol. The summed E-state index contributed by atoms with van der Waals surface area (Å²) < 4.78 is 1.61. The minimum Gasteiger partial charge on any atom is -0.338 e. The molecule has 31 heavy (non-hydrogen) atoms. The highest BCUT2D eigenvalue weighted by molar-refractivity contribution is 7.10. The zero-order valence-electron chi connectivity index (χ0n) is 18.0. The van der Waals surface area contributed by atoms with Crippen molar-refractivity contribution in [3.05, 3.63) is 40.0 Å². The number of hydrogen-bond acceptors (Lipinski definition) is 5. The van der Waals surface area contributed by atoms with Gasteiger partial charge in [0.05, 0.1) is 11.2 Å². The van der Waals surface area contributed by atoms with Crippen molar-refractivity contribution in [1.29, 1.82) is 0 Å². The summed E-state index contributed by atoms with van der Waals surface area (Å²) in [4.78, 5) is 31.4. The van der Waals surface area contributed by atoms with E-state index in [1.54, 1.807) is 29.4 Å². The summed E-state index contributed by atoms with van der Waals surface area (Å²) in [5.41, 5.74) is 1.91. The van der Waals surface area contributed by atoms with E-state index in [4.69, 9.17) is 0 Å². The zero-order valence-corrected chi connectivity index (χ0v) is 18.8. The molecule has 166 valence electrons. The molecule has 3 heterocycles. The Balaban J connectivity index is 1.22. The van der Waals surface area contributed by atoms with Gasteiger partial charge in [-0.15, -0.1) is 11.3 Å². The first-order valence-corrected chi connectivity index (χ1v) is 11.9. The number of carbonyl (C=O) groups excluding carboxylic acids is 2. The van der Waals surface area contributed by atoms with E-state index < -0.39 is 0 Å². The Bertz CT molecular complexity index is 941. The SMILES string of the molecule is Cn1nccc1NC(=O)c1csc(C2CCN(C(=O)NCCC3=CCCCC3)CC2)n1. The molecule has 2 aromatic rings. The molecule has 0 bridgehead atoms. The first-order chi connectivity index (χ1) is 15.1. The van der Waals surface area contributed by atoms with E-state index in [0.29, 0.717) is 24.0 Å². The van der Waals surface area contributed by atoms with Crippen molar-refractivity contribution in [2.75, 3.05) is 25.0 Å². The molecule has 4 rings (SSSR count). The number of amides is 3. The van der Waals surface area contributed by atoms with Crippen LogP contribution in [0.3, 0.4) is 0 Å². The van der Waals surface area contributed by atoms with Gasteiger partial charge in [-0.1, -0.05) is 11.6 Å². The monoisotopic (exact) mass is 442 g/mol. The molecule has 0 saturated carbocycles. The van der Waals surface area contributed by atoms with Crippen molar-refractivity contribution < 1.29 is 9.59 Å². The van der Waals surface area contributed by atoms with Gasteiger partial charge < -0.3 is 15.5 Å². The number of nitrogens with zero attached hydrogens (tertiary/aromatic N) is 4. The lowest BCUT2D eigenvalue weighted by molar-refractivity contribution is 0.102.